The molecule has 0 radical (unpaired) electrons. The lowest BCUT2D eigenvalue weighted by Crippen LogP contribution is -2.58. The summed E-state index contributed by atoms with van der Waals surface area (Å²) in [5.41, 5.74) is 0.849. The van der Waals surface area contributed by atoms with Gasteiger partial charge in [-0.25, -0.2) is 23.4 Å². The number of thiazole rings is 1. The number of para-hydroxylation sites is 3. The summed E-state index contributed by atoms with van der Waals surface area (Å²) >= 11 is 1.43. The van der Waals surface area contributed by atoms with Crippen molar-refractivity contribution in [3.63, 3.8) is 0 Å². The maximum atomic E-state index is 14.7. The fraction of sp³-hybridized carbons (Fsp3) is 0.400. The smallest absolute Gasteiger partial charge is 0.290 e. The van der Waals surface area contributed by atoms with E-state index in [4.69, 9.17) is 24.2 Å². The van der Waals surface area contributed by atoms with Crippen LogP contribution < -0.4 is 20.1 Å². The molecule has 18 heteroatoms. The van der Waals surface area contributed by atoms with Gasteiger partial charge in [0.1, 0.15) is 28.7 Å². The third-order valence-electron chi connectivity index (χ3n) is 11.1. The number of carbonyl (C=O) groups excluding carboxylic acids is 4. The van der Waals surface area contributed by atoms with E-state index < -0.39 is 68.5 Å². The Bertz CT molecular complexity index is 2520. The van der Waals surface area contributed by atoms with E-state index in [-0.39, 0.29) is 37.4 Å². The Morgan fingerprint density at radius 3 is 2.48 bits per heavy atom. The minimum Gasteiger partial charge on any atom is -0.471 e. The Labute approximate surface area is 336 Å². The zero-order chi connectivity index (χ0) is 40.0. The van der Waals surface area contributed by atoms with Crippen molar-refractivity contribution < 1.29 is 36.9 Å². The second kappa shape index (κ2) is 15.2. The quantitative estimate of drug-likeness (QED) is 0.189. The van der Waals surface area contributed by atoms with E-state index in [0.29, 0.717) is 47.4 Å². The molecule has 3 N–H and O–H groups in total. The first kappa shape index (κ1) is 37.8. The third kappa shape index (κ3) is 7.53. The number of nitrogens with zero attached hydrogens (tertiary/aromatic N) is 5. The van der Waals surface area contributed by atoms with Gasteiger partial charge in [0.25, 0.3) is 11.8 Å². The van der Waals surface area contributed by atoms with Crippen LogP contribution in [0.3, 0.4) is 0 Å². The minimum atomic E-state index is -3.92. The molecule has 5 aromatic rings. The monoisotopic (exact) mass is 824 g/mol. The average molecular weight is 825 g/mol. The number of hydrogen-bond donors (Lipinski definition) is 3. The first-order valence-electron chi connectivity index (χ1n) is 19.4. The summed E-state index contributed by atoms with van der Waals surface area (Å²) in [5.74, 6) is -2.97. The van der Waals surface area contributed by atoms with E-state index in [9.17, 15) is 27.6 Å². The SMILES string of the molecule is O=C(N[C@H]1CCCCC/C=C\[C@@H]2C[C@@]2(C(=O)NS(=O)(=O)C2CC2)NC(=O)[C@@H]2C[C@@H](Oc3nc4ccccc4nc3-c3nc4ccccc4s3)CN2C1=O)c1ccno1. The van der Waals surface area contributed by atoms with Crippen LogP contribution in [0.2, 0.25) is 0 Å². The molecule has 0 spiro atoms. The Kier molecular flexibility index (Phi) is 9.91. The number of ether oxygens (including phenoxy) is 1. The number of fused-ring (bicyclic) bond motifs is 4. The summed E-state index contributed by atoms with van der Waals surface area (Å²) < 4.78 is 40.7. The lowest BCUT2D eigenvalue weighted by molar-refractivity contribution is -0.141. The van der Waals surface area contributed by atoms with E-state index in [1.165, 1.54) is 28.5 Å². The summed E-state index contributed by atoms with van der Waals surface area (Å²) in [6, 6.07) is 14.2. The van der Waals surface area contributed by atoms with Crippen LogP contribution in [0.4, 0.5) is 0 Å². The summed E-state index contributed by atoms with van der Waals surface area (Å²) in [6.45, 7) is -0.0715. The molecule has 3 fully saturated rings. The zero-order valence-corrected chi connectivity index (χ0v) is 32.8. The van der Waals surface area contributed by atoms with Crippen LogP contribution in [0.15, 0.2) is 77.5 Å². The van der Waals surface area contributed by atoms with Crippen molar-refractivity contribution in [2.24, 2.45) is 5.92 Å². The maximum absolute atomic E-state index is 14.7. The summed E-state index contributed by atoms with van der Waals surface area (Å²) in [4.78, 5) is 72.2. The van der Waals surface area contributed by atoms with Gasteiger partial charge in [0.05, 0.1) is 39.2 Å². The lowest BCUT2D eigenvalue weighted by atomic mass is 10.0. The molecule has 2 aliphatic heterocycles. The molecule has 1 saturated heterocycles. The number of aromatic nitrogens is 4. The first-order chi connectivity index (χ1) is 28.1. The molecule has 2 aromatic carbocycles. The molecule has 0 unspecified atom stereocenters. The van der Waals surface area contributed by atoms with Crippen LogP contribution in [-0.4, -0.2) is 92.6 Å². The lowest BCUT2D eigenvalue weighted by Gasteiger charge is -2.29. The van der Waals surface area contributed by atoms with Crippen LogP contribution in [0.1, 0.15) is 68.3 Å². The molecule has 9 rings (SSSR count). The van der Waals surface area contributed by atoms with Crippen LogP contribution in [0.5, 0.6) is 5.88 Å². The number of rotatable bonds is 8. The molecule has 2 saturated carbocycles. The molecule has 2 aliphatic carbocycles. The number of amides is 4. The van der Waals surface area contributed by atoms with Crippen LogP contribution in [0, 0.1) is 5.92 Å². The van der Waals surface area contributed by atoms with Gasteiger partial charge in [0.2, 0.25) is 33.5 Å². The number of benzene rings is 2. The predicted molar refractivity (Wildman–Crippen MR) is 212 cm³/mol. The van der Waals surface area contributed by atoms with Crippen LogP contribution >= 0.6 is 11.3 Å². The first-order valence-corrected chi connectivity index (χ1v) is 21.8. The van der Waals surface area contributed by atoms with E-state index in [2.05, 4.69) is 20.5 Å². The Balaban J connectivity index is 1.06. The Morgan fingerprint density at radius 2 is 1.72 bits per heavy atom. The number of allylic oxidation sites excluding steroid dienone is 1. The molecule has 4 amide bonds. The van der Waals surface area contributed by atoms with Crippen molar-refractivity contribution >= 4 is 66.2 Å². The predicted octanol–water partition coefficient (Wildman–Crippen LogP) is 4.05. The molecule has 4 aliphatic rings. The maximum Gasteiger partial charge on any atom is 0.290 e. The summed E-state index contributed by atoms with van der Waals surface area (Å²) in [5, 5.41) is 9.23. The fourth-order valence-electron chi connectivity index (χ4n) is 7.75. The number of nitrogens with one attached hydrogen (secondary N) is 3. The second-order valence-electron chi connectivity index (χ2n) is 15.3. The number of carbonyl (C=O) groups is 4. The molecular weight excluding hydrogens is 785 g/mol. The van der Waals surface area contributed by atoms with Crippen molar-refractivity contribution in [3.8, 4) is 16.6 Å². The highest BCUT2D eigenvalue weighted by molar-refractivity contribution is 7.91. The highest BCUT2D eigenvalue weighted by atomic mass is 32.2. The van der Waals surface area contributed by atoms with Crippen molar-refractivity contribution in [3.05, 3.63) is 78.7 Å². The van der Waals surface area contributed by atoms with E-state index in [0.717, 1.165) is 23.1 Å². The van der Waals surface area contributed by atoms with Crippen molar-refractivity contribution in [1.29, 1.82) is 0 Å². The van der Waals surface area contributed by atoms with Crippen molar-refractivity contribution in [2.45, 2.75) is 86.8 Å². The van der Waals surface area contributed by atoms with Crippen molar-refractivity contribution in [1.82, 2.24) is 40.4 Å². The Morgan fingerprint density at radius 1 is 0.948 bits per heavy atom. The molecule has 5 atom stereocenters. The van der Waals surface area contributed by atoms with Gasteiger partial charge in [-0.1, -0.05) is 54.4 Å². The van der Waals surface area contributed by atoms with Crippen LogP contribution in [-0.2, 0) is 24.4 Å². The van der Waals surface area contributed by atoms with Gasteiger partial charge in [0, 0.05) is 18.4 Å². The normalized spacial score (nSPS) is 25.8. The highest BCUT2D eigenvalue weighted by Gasteiger charge is 2.62. The molecule has 5 heterocycles. The van der Waals surface area contributed by atoms with E-state index in [1.54, 1.807) is 0 Å². The van der Waals surface area contributed by atoms with Gasteiger partial charge in [-0.05, 0) is 62.8 Å². The molecule has 58 heavy (non-hydrogen) atoms. The molecule has 300 valence electrons. The molecular formula is C40H40N8O8S2. The highest BCUT2D eigenvalue weighted by Crippen LogP contribution is 2.46. The molecule has 0 bridgehead atoms. The topological polar surface area (TPSA) is 216 Å². The number of hydrogen-bond acceptors (Lipinski definition) is 13. The third-order valence-corrected chi connectivity index (χ3v) is 14.0. The minimum absolute atomic E-state index is 0.00723. The van der Waals surface area contributed by atoms with Gasteiger partial charge >= 0.3 is 0 Å². The van der Waals surface area contributed by atoms with E-state index in [1.807, 2.05) is 60.7 Å². The summed E-state index contributed by atoms with van der Waals surface area (Å²) in [6.07, 6.45) is 8.50. The van der Waals surface area contributed by atoms with Gasteiger partial charge in [-0.3, -0.25) is 23.9 Å². The average Bonchev–Trinajstić information content (AvgIpc) is 3.98. The van der Waals surface area contributed by atoms with Gasteiger partial charge in [-0.15, -0.1) is 11.3 Å². The molecule has 3 aromatic heterocycles. The van der Waals surface area contributed by atoms with Crippen LogP contribution in [0.25, 0.3) is 32.0 Å². The Hall–Kier alpha value is -5.75. The molecule has 16 nitrogen and oxygen atoms in total. The standard InChI is InChI=1S/C40H40N8O8S2/c49-34-30-20-24(55-36-33(42-26-11-6-7-12-27(26)44-36)37-45-28-13-8-9-15-32(28)57-37)22-48(30)38(51)29(43-35(50)31-18-19-41-56-31)14-5-3-1-2-4-10-23-21-40(23,46-34)39(52)47-58(53,54)25-16-17-25/h4,6-13,15,18-19,23-25,29-30H,1-3,5,14,16-17,20-22H2,(H,43,50)(H,46,49)(H,47,52)/b10-4-/t23-,24-,29+,30+,40-/m1/s1. The summed E-state index contributed by atoms with van der Waals surface area (Å²) in [7, 11) is -3.92. The van der Waals surface area contributed by atoms with E-state index >= 15 is 0 Å². The number of sulfonamides is 1. The fourth-order valence-corrected chi connectivity index (χ4v) is 10.1. The van der Waals surface area contributed by atoms with Crippen molar-refractivity contribution in [2.75, 3.05) is 6.54 Å². The van der Waals surface area contributed by atoms with Gasteiger partial charge in [0.15, 0.2) is 5.69 Å². The largest absolute Gasteiger partial charge is 0.471 e. The van der Waals surface area contributed by atoms with Gasteiger partial charge < -0.3 is 24.8 Å². The zero-order valence-electron chi connectivity index (χ0n) is 31.2. The second-order valence-corrected chi connectivity index (χ2v) is 18.2. The van der Waals surface area contributed by atoms with Gasteiger partial charge in [-0.2, -0.15) is 0 Å².